The van der Waals surface area contributed by atoms with E-state index in [1.54, 1.807) is 6.07 Å². The SMILES string of the molecule is Cc1ccc(Cl)nc1CN.Cl. The Morgan fingerprint density at radius 3 is 2.64 bits per heavy atom. The minimum Gasteiger partial charge on any atom is -0.325 e. The van der Waals surface area contributed by atoms with Crippen LogP contribution in [0.1, 0.15) is 11.3 Å². The van der Waals surface area contributed by atoms with Gasteiger partial charge in [0.25, 0.3) is 0 Å². The number of pyridine rings is 1. The number of aromatic nitrogens is 1. The Kier molecular flexibility index (Phi) is 4.42. The Labute approximate surface area is 77.2 Å². The molecule has 0 aliphatic heterocycles. The van der Waals surface area contributed by atoms with Crippen LogP contribution in [0.25, 0.3) is 0 Å². The third kappa shape index (κ3) is 2.66. The third-order valence-electron chi connectivity index (χ3n) is 1.36. The Morgan fingerprint density at radius 1 is 1.55 bits per heavy atom. The molecule has 0 aliphatic rings. The highest BCUT2D eigenvalue weighted by atomic mass is 35.5. The van der Waals surface area contributed by atoms with Crippen molar-refractivity contribution in [1.82, 2.24) is 4.98 Å². The van der Waals surface area contributed by atoms with Gasteiger partial charge in [0.05, 0.1) is 5.69 Å². The zero-order chi connectivity index (χ0) is 7.56. The molecule has 0 bridgehead atoms. The molecular formula is C7H10Cl2N2. The molecule has 0 aromatic carbocycles. The van der Waals surface area contributed by atoms with Crippen molar-refractivity contribution in [3.8, 4) is 0 Å². The number of hydrogen-bond donors (Lipinski definition) is 1. The molecule has 0 saturated carbocycles. The van der Waals surface area contributed by atoms with Crippen LogP contribution < -0.4 is 5.73 Å². The predicted molar refractivity (Wildman–Crippen MR) is 49.1 cm³/mol. The first-order valence-corrected chi connectivity index (χ1v) is 3.44. The molecule has 62 valence electrons. The Hall–Kier alpha value is -0.310. The van der Waals surface area contributed by atoms with Crippen molar-refractivity contribution in [3.63, 3.8) is 0 Å². The molecule has 2 N–H and O–H groups in total. The van der Waals surface area contributed by atoms with Gasteiger partial charge in [-0.15, -0.1) is 12.4 Å². The van der Waals surface area contributed by atoms with Crippen molar-refractivity contribution >= 4 is 24.0 Å². The first kappa shape index (κ1) is 10.7. The molecule has 0 aliphatic carbocycles. The van der Waals surface area contributed by atoms with Gasteiger partial charge in [-0.1, -0.05) is 17.7 Å². The predicted octanol–water partition coefficient (Wildman–Crippen LogP) is 1.92. The second-order valence-electron chi connectivity index (χ2n) is 2.10. The lowest BCUT2D eigenvalue weighted by molar-refractivity contribution is 0.969. The van der Waals surface area contributed by atoms with Gasteiger partial charge in [0.1, 0.15) is 5.15 Å². The molecule has 0 saturated heterocycles. The van der Waals surface area contributed by atoms with Crippen LogP contribution in [-0.4, -0.2) is 4.98 Å². The topological polar surface area (TPSA) is 38.9 Å². The number of hydrogen-bond acceptors (Lipinski definition) is 2. The second kappa shape index (κ2) is 4.54. The summed E-state index contributed by atoms with van der Waals surface area (Å²) >= 11 is 5.63. The molecule has 4 heteroatoms. The lowest BCUT2D eigenvalue weighted by atomic mass is 10.2. The van der Waals surface area contributed by atoms with E-state index < -0.39 is 0 Å². The number of nitrogens with zero attached hydrogens (tertiary/aromatic N) is 1. The molecule has 0 radical (unpaired) electrons. The van der Waals surface area contributed by atoms with Crippen LogP contribution >= 0.6 is 24.0 Å². The van der Waals surface area contributed by atoms with Crippen LogP contribution in [0.2, 0.25) is 5.15 Å². The van der Waals surface area contributed by atoms with E-state index in [1.165, 1.54) is 0 Å². The van der Waals surface area contributed by atoms with E-state index in [4.69, 9.17) is 17.3 Å². The largest absolute Gasteiger partial charge is 0.325 e. The summed E-state index contributed by atoms with van der Waals surface area (Å²) in [6.45, 7) is 2.41. The van der Waals surface area contributed by atoms with Crippen molar-refractivity contribution in [2.45, 2.75) is 13.5 Å². The highest BCUT2D eigenvalue weighted by molar-refractivity contribution is 6.29. The maximum atomic E-state index is 5.63. The molecule has 1 rings (SSSR count). The van der Waals surface area contributed by atoms with E-state index >= 15 is 0 Å². The van der Waals surface area contributed by atoms with Gasteiger partial charge in [0, 0.05) is 6.54 Å². The molecule has 0 atom stereocenters. The zero-order valence-electron chi connectivity index (χ0n) is 6.17. The molecule has 11 heavy (non-hydrogen) atoms. The molecule has 0 spiro atoms. The maximum absolute atomic E-state index is 5.63. The summed E-state index contributed by atoms with van der Waals surface area (Å²) in [5.74, 6) is 0. The van der Waals surface area contributed by atoms with Gasteiger partial charge in [-0.25, -0.2) is 4.98 Å². The Balaban J connectivity index is 0.000001000. The molecule has 1 heterocycles. The lowest BCUT2D eigenvalue weighted by Crippen LogP contribution is -2.01. The van der Waals surface area contributed by atoms with E-state index in [2.05, 4.69) is 4.98 Å². The molecule has 1 aromatic heterocycles. The number of rotatable bonds is 1. The molecule has 0 fully saturated rings. The maximum Gasteiger partial charge on any atom is 0.129 e. The van der Waals surface area contributed by atoms with Crippen molar-refractivity contribution in [2.75, 3.05) is 0 Å². The average Bonchev–Trinajstić information content (AvgIpc) is 1.94. The monoisotopic (exact) mass is 192 g/mol. The first-order chi connectivity index (χ1) is 4.74. The van der Waals surface area contributed by atoms with Crippen LogP contribution in [0.5, 0.6) is 0 Å². The van der Waals surface area contributed by atoms with E-state index in [-0.39, 0.29) is 12.4 Å². The summed E-state index contributed by atoms with van der Waals surface area (Å²) in [7, 11) is 0. The molecular weight excluding hydrogens is 183 g/mol. The van der Waals surface area contributed by atoms with E-state index in [0.717, 1.165) is 11.3 Å². The highest BCUT2D eigenvalue weighted by Gasteiger charge is 1.96. The summed E-state index contributed by atoms with van der Waals surface area (Å²) in [4.78, 5) is 4.03. The van der Waals surface area contributed by atoms with Gasteiger partial charge in [-0.05, 0) is 18.6 Å². The fourth-order valence-electron chi connectivity index (χ4n) is 0.751. The van der Waals surface area contributed by atoms with Crippen molar-refractivity contribution in [1.29, 1.82) is 0 Å². The zero-order valence-corrected chi connectivity index (χ0v) is 7.75. The minimum absolute atomic E-state index is 0. The molecule has 2 nitrogen and oxygen atoms in total. The van der Waals surface area contributed by atoms with Gasteiger partial charge >= 0.3 is 0 Å². The fourth-order valence-corrected chi connectivity index (χ4v) is 0.916. The van der Waals surface area contributed by atoms with Crippen LogP contribution in [0.4, 0.5) is 0 Å². The summed E-state index contributed by atoms with van der Waals surface area (Å²) in [5, 5.41) is 0.506. The quantitative estimate of drug-likeness (QED) is 0.692. The van der Waals surface area contributed by atoms with Gasteiger partial charge in [-0.2, -0.15) is 0 Å². The lowest BCUT2D eigenvalue weighted by Gasteiger charge is -1.99. The first-order valence-electron chi connectivity index (χ1n) is 3.06. The summed E-state index contributed by atoms with van der Waals surface area (Å²) < 4.78 is 0. The van der Waals surface area contributed by atoms with Crippen molar-refractivity contribution < 1.29 is 0 Å². The fraction of sp³-hybridized carbons (Fsp3) is 0.286. The number of halogens is 2. The van der Waals surface area contributed by atoms with Gasteiger partial charge in [-0.3, -0.25) is 0 Å². The van der Waals surface area contributed by atoms with E-state index in [9.17, 15) is 0 Å². The molecule has 1 aromatic rings. The normalized spacial score (nSPS) is 9.00. The van der Waals surface area contributed by atoms with Crippen LogP contribution in [0.3, 0.4) is 0 Å². The van der Waals surface area contributed by atoms with Gasteiger partial charge in [0.2, 0.25) is 0 Å². The summed E-state index contributed by atoms with van der Waals surface area (Å²) in [6, 6.07) is 3.67. The average molecular weight is 193 g/mol. The highest BCUT2D eigenvalue weighted by Crippen LogP contribution is 2.09. The summed E-state index contributed by atoms with van der Waals surface area (Å²) in [6.07, 6.45) is 0. The van der Waals surface area contributed by atoms with Gasteiger partial charge in [0.15, 0.2) is 0 Å². The minimum atomic E-state index is 0. The van der Waals surface area contributed by atoms with Gasteiger partial charge < -0.3 is 5.73 Å². The third-order valence-corrected chi connectivity index (χ3v) is 1.57. The molecule has 0 unspecified atom stereocenters. The van der Waals surface area contributed by atoms with Crippen molar-refractivity contribution in [3.05, 3.63) is 28.5 Å². The number of nitrogens with two attached hydrogens (primary N) is 1. The number of aryl methyl sites for hydroxylation is 1. The Bertz CT molecular complexity index is 238. The second-order valence-corrected chi connectivity index (χ2v) is 2.49. The Morgan fingerprint density at radius 2 is 2.18 bits per heavy atom. The van der Waals surface area contributed by atoms with Crippen LogP contribution in [0, 0.1) is 6.92 Å². The standard InChI is InChI=1S/C7H9ClN2.ClH/c1-5-2-3-7(8)10-6(5)4-9;/h2-3H,4,9H2,1H3;1H. The van der Waals surface area contributed by atoms with E-state index in [1.807, 2.05) is 13.0 Å². The van der Waals surface area contributed by atoms with Crippen LogP contribution in [-0.2, 0) is 6.54 Å². The van der Waals surface area contributed by atoms with Crippen LogP contribution in [0.15, 0.2) is 12.1 Å². The van der Waals surface area contributed by atoms with E-state index in [0.29, 0.717) is 11.7 Å². The molecule has 0 amide bonds. The van der Waals surface area contributed by atoms with Crippen molar-refractivity contribution in [2.24, 2.45) is 5.73 Å². The summed E-state index contributed by atoms with van der Waals surface area (Å²) in [5.41, 5.74) is 7.36. The smallest absolute Gasteiger partial charge is 0.129 e.